The molecule has 0 atom stereocenters. The van der Waals surface area contributed by atoms with E-state index in [0.717, 1.165) is 4.90 Å². The minimum absolute atomic E-state index is 0.168. The molecule has 128 valence electrons. The molecule has 25 heavy (non-hydrogen) atoms. The standard InChI is InChI=1S/C17H14N2O6/c20-14(18-8-11-4-3-7-24-11)10-25-15(21)9-19-16(22)12-5-1-2-6-13(12)17(19)23/h1-7H,8-10H2,(H,18,20). The second-order valence-electron chi connectivity index (χ2n) is 5.26. The summed E-state index contributed by atoms with van der Waals surface area (Å²) in [7, 11) is 0. The van der Waals surface area contributed by atoms with E-state index < -0.39 is 36.8 Å². The van der Waals surface area contributed by atoms with Crippen LogP contribution in [0.1, 0.15) is 26.5 Å². The van der Waals surface area contributed by atoms with E-state index in [4.69, 9.17) is 9.15 Å². The van der Waals surface area contributed by atoms with Gasteiger partial charge in [-0.1, -0.05) is 12.1 Å². The number of fused-ring (bicyclic) bond motifs is 1. The Bertz CT molecular complexity index is 792. The fourth-order valence-corrected chi connectivity index (χ4v) is 2.35. The first-order valence-corrected chi connectivity index (χ1v) is 7.46. The number of esters is 1. The van der Waals surface area contributed by atoms with Crippen molar-refractivity contribution in [2.24, 2.45) is 0 Å². The molecule has 1 aromatic heterocycles. The van der Waals surface area contributed by atoms with Crippen molar-refractivity contribution < 1.29 is 28.3 Å². The fraction of sp³-hybridized carbons (Fsp3) is 0.176. The highest BCUT2D eigenvalue weighted by Crippen LogP contribution is 2.21. The quantitative estimate of drug-likeness (QED) is 0.613. The van der Waals surface area contributed by atoms with Gasteiger partial charge in [0.25, 0.3) is 17.7 Å². The minimum Gasteiger partial charge on any atom is -0.467 e. The summed E-state index contributed by atoms with van der Waals surface area (Å²) in [6.45, 7) is -0.887. The van der Waals surface area contributed by atoms with Crippen molar-refractivity contribution in [3.8, 4) is 0 Å². The predicted octanol–water partition coefficient (Wildman–Crippen LogP) is 0.735. The molecule has 1 aliphatic heterocycles. The van der Waals surface area contributed by atoms with Crippen LogP contribution in [0.4, 0.5) is 0 Å². The fourth-order valence-electron chi connectivity index (χ4n) is 2.35. The Morgan fingerprint density at radius 3 is 2.32 bits per heavy atom. The Morgan fingerprint density at radius 2 is 1.72 bits per heavy atom. The Kier molecular flexibility index (Phi) is 4.60. The number of rotatable bonds is 6. The predicted molar refractivity (Wildman–Crippen MR) is 83.3 cm³/mol. The van der Waals surface area contributed by atoms with Crippen molar-refractivity contribution in [3.63, 3.8) is 0 Å². The molecule has 2 heterocycles. The van der Waals surface area contributed by atoms with Gasteiger partial charge in [-0.15, -0.1) is 0 Å². The number of furan rings is 1. The molecule has 0 fully saturated rings. The molecule has 0 saturated heterocycles. The number of nitrogens with zero attached hydrogens (tertiary/aromatic N) is 1. The second kappa shape index (κ2) is 7.00. The smallest absolute Gasteiger partial charge is 0.326 e. The van der Waals surface area contributed by atoms with Gasteiger partial charge in [-0.05, 0) is 24.3 Å². The lowest BCUT2D eigenvalue weighted by Crippen LogP contribution is -2.37. The summed E-state index contributed by atoms with van der Waals surface area (Å²) in [5, 5.41) is 2.51. The van der Waals surface area contributed by atoms with Crippen LogP contribution in [0, 0.1) is 0 Å². The minimum atomic E-state index is -0.845. The van der Waals surface area contributed by atoms with Gasteiger partial charge >= 0.3 is 5.97 Å². The van der Waals surface area contributed by atoms with Crippen molar-refractivity contribution in [1.29, 1.82) is 0 Å². The van der Waals surface area contributed by atoms with Crippen LogP contribution < -0.4 is 5.32 Å². The zero-order chi connectivity index (χ0) is 17.8. The number of amides is 3. The van der Waals surface area contributed by atoms with Gasteiger partial charge in [-0.2, -0.15) is 0 Å². The summed E-state index contributed by atoms with van der Waals surface area (Å²) in [5.74, 6) is -1.92. The number of hydrogen-bond acceptors (Lipinski definition) is 6. The van der Waals surface area contributed by atoms with Crippen molar-refractivity contribution >= 4 is 23.7 Å². The molecule has 0 spiro atoms. The third-order valence-electron chi connectivity index (χ3n) is 3.57. The van der Waals surface area contributed by atoms with E-state index in [-0.39, 0.29) is 17.7 Å². The molecule has 0 radical (unpaired) electrons. The summed E-state index contributed by atoms with van der Waals surface area (Å²) in [6, 6.07) is 9.68. The van der Waals surface area contributed by atoms with Gasteiger partial charge < -0.3 is 14.5 Å². The Labute approximate surface area is 142 Å². The molecule has 0 saturated carbocycles. The molecule has 0 bridgehead atoms. The molecular formula is C17H14N2O6. The normalized spacial score (nSPS) is 12.9. The SMILES string of the molecule is O=C(COC(=O)CN1C(=O)c2ccccc2C1=O)NCc1ccco1. The molecular weight excluding hydrogens is 328 g/mol. The zero-order valence-electron chi connectivity index (χ0n) is 13.1. The highest BCUT2D eigenvalue weighted by atomic mass is 16.5. The topological polar surface area (TPSA) is 106 Å². The van der Waals surface area contributed by atoms with Gasteiger partial charge in [0.2, 0.25) is 0 Å². The molecule has 0 unspecified atom stereocenters. The molecule has 1 N–H and O–H groups in total. The molecule has 1 aromatic carbocycles. The van der Waals surface area contributed by atoms with E-state index in [2.05, 4.69) is 5.32 Å². The highest BCUT2D eigenvalue weighted by Gasteiger charge is 2.36. The van der Waals surface area contributed by atoms with Crippen molar-refractivity contribution in [3.05, 3.63) is 59.5 Å². The Balaban J connectivity index is 1.48. The van der Waals surface area contributed by atoms with Crippen LogP contribution in [0.15, 0.2) is 47.1 Å². The molecule has 8 heteroatoms. The zero-order valence-corrected chi connectivity index (χ0v) is 13.1. The van der Waals surface area contributed by atoms with Gasteiger partial charge in [0.15, 0.2) is 6.61 Å². The summed E-state index contributed by atoms with van der Waals surface area (Å²) in [5.41, 5.74) is 0.494. The number of nitrogens with one attached hydrogen (secondary N) is 1. The number of hydrogen-bond donors (Lipinski definition) is 1. The molecule has 1 aliphatic rings. The van der Waals surface area contributed by atoms with E-state index in [9.17, 15) is 19.2 Å². The number of imide groups is 1. The average molecular weight is 342 g/mol. The maximum atomic E-state index is 12.1. The molecule has 3 amide bonds. The largest absolute Gasteiger partial charge is 0.467 e. The maximum Gasteiger partial charge on any atom is 0.326 e. The molecule has 0 aliphatic carbocycles. The number of ether oxygens (including phenoxy) is 1. The average Bonchev–Trinajstić information content (AvgIpc) is 3.22. The first-order valence-electron chi connectivity index (χ1n) is 7.46. The summed E-state index contributed by atoms with van der Waals surface area (Å²) >= 11 is 0. The van der Waals surface area contributed by atoms with Crippen molar-refractivity contribution in [2.45, 2.75) is 6.54 Å². The van der Waals surface area contributed by atoms with Crippen LogP contribution in [0.3, 0.4) is 0 Å². The highest BCUT2D eigenvalue weighted by molar-refractivity contribution is 6.22. The lowest BCUT2D eigenvalue weighted by Gasteiger charge is -2.12. The first-order chi connectivity index (χ1) is 12.1. The van der Waals surface area contributed by atoms with Crippen LogP contribution >= 0.6 is 0 Å². The van der Waals surface area contributed by atoms with E-state index in [1.807, 2.05) is 0 Å². The summed E-state index contributed by atoms with van der Waals surface area (Å²) in [6.07, 6.45) is 1.48. The van der Waals surface area contributed by atoms with Gasteiger partial charge in [0.1, 0.15) is 12.3 Å². The lowest BCUT2D eigenvalue weighted by atomic mass is 10.1. The third kappa shape index (κ3) is 3.57. The van der Waals surface area contributed by atoms with E-state index in [0.29, 0.717) is 5.76 Å². The van der Waals surface area contributed by atoms with Crippen LogP contribution in [-0.4, -0.2) is 41.7 Å². The Morgan fingerprint density at radius 1 is 1.04 bits per heavy atom. The van der Waals surface area contributed by atoms with Crippen molar-refractivity contribution in [1.82, 2.24) is 10.2 Å². The van der Waals surface area contributed by atoms with E-state index >= 15 is 0 Å². The van der Waals surface area contributed by atoms with Gasteiger partial charge in [0.05, 0.1) is 23.9 Å². The third-order valence-corrected chi connectivity index (χ3v) is 3.57. The Hall–Kier alpha value is -3.42. The van der Waals surface area contributed by atoms with Crippen LogP contribution in [0.5, 0.6) is 0 Å². The number of carbonyl (C=O) groups excluding carboxylic acids is 4. The lowest BCUT2D eigenvalue weighted by molar-refractivity contribution is -0.148. The first kappa shape index (κ1) is 16.4. The number of benzene rings is 1. The van der Waals surface area contributed by atoms with E-state index in [1.54, 1.807) is 24.3 Å². The van der Waals surface area contributed by atoms with Gasteiger partial charge in [-0.3, -0.25) is 24.1 Å². The van der Waals surface area contributed by atoms with Crippen LogP contribution in [-0.2, 0) is 20.9 Å². The number of carbonyl (C=O) groups is 4. The maximum absolute atomic E-state index is 12.1. The summed E-state index contributed by atoms with van der Waals surface area (Å²) in [4.78, 5) is 48.5. The van der Waals surface area contributed by atoms with Gasteiger partial charge in [-0.25, -0.2) is 0 Å². The van der Waals surface area contributed by atoms with Crippen LogP contribution in [0.25, 0.3) is 0 Å². The molecule has 2 aromatic rings. The van der Waals surface area contributed by atoms with E-state index in [1.165, 1.54) is 18.4 Å². The van der Waals surface area contributed by atoms with Gasteiger partial charge in [0, 0.05) is 0 Å². The molecule has 3 rings (SSSR count). The second-order valence-corrected chi connectivity index (χ2v) is 5.26. The molecule has 8 nitrogen and oxygen atoms in total. The van der Waals surface area contributed by atoms with Crippen molar-refractivity contribution in [2.75, 3.05) is 13.2 Å². The summed E-state index contributed by atoms with van der Waals surface area (Å²) < 4.78 is 9.85. The monoisotopic (exact) mass is 342 g/mol. The van der Waals surface area contributed by atoms with Crippen LogP contribution in [0.2, 0.25) is 0 Å².